The molecule has 1 aromatic carbocycles. The zero-order valence-electron chi connectivity index (χ0n) is 16.7. The Bertz CT molecular complexity index is 479. The molecule has 0 aliphatic heterocycles. The van der Waals surface area contributed by atoms with Crippen molar-refractivity contribution in [1.82, 2.24) is 0 Å². The van der Waals surface area contributed by atoms with Gasteiger partial charge in [-0.1, -0.05) is 64.2 Å². The predicted molar refractivity (Wildman–Crippen MR) is 108 cm³/mol. The molecular weight excluding hydrogens is 328 g/mol. The molecule has 2 N–H and O–H groups in total. The molecule has 0 aromatic heterocycles. The second-order valence-corrected chi connectivity index (χ2v) is 6.76. The van der Waals surface area contributed by atoms with Crippen molar-refractivity contribution in [2.75, 3.05) is 6.61 Å². The number of rotatable bonds is 12. The third-order valence-electron chi connectivity index (χ3n) is 3.85. The summed E-state index contributed by atoms with van der Waals surface area (Å²) in [5.41, 5.74) is 1.55. The summed E-state index contributed by atoms with van der Waals surface area (Å²) >= 11 is 0. The Kier molecular flexibility index (Phi) is 14.4. The van der Waals surface area contributed by atoms with Crippen molar-refractivity contribution in [3.8, 4) is 5.75 Å². The second kappa shape index (κ2) is 15.4. The number of aryl methyl sites for hydroxylation is 1. The number of hydrogen-bond acceptors (Lipinski definition) is 3. The highest BCUT2D eigenvalue weighted by Gasteiger charge is 1.99. The molecule has 0 amide bonds. The van der Waals surface area contributed by atoms with Crippen LogP contribution < -0.4 is 4.74 Å². The van der Waals surface area contributed by atoms with Gasteiger partial charge in [-0.2, -0.15) is 0 Å². The topological polar surface area (TPSA) is 66.8 Å². The number of carboxylic acid groups (broad SMARTS) is 1. The van der Waals surface area contributed by atoms with Crippen molar-refractivity contribution >= 4 is 5.97 Å². The van der Waals surface area contributed by atoms with Gasteiger partial charge in [-0.15, -0.1) is 0 Å². The maximum atomic E-state index is 9.60. The lowest BCUT2D eigenvalue weighted by atomic mass is 10.0. The van der Waals surface area contributed by atoms with Gasteiger partial charge in [-0.05, 0) is 44.4 Å². The Hall–Kier alpha value is -1.81. The van der Waals surface area contributed by atoms with Gasteiger partial charge in [0.2, 0.25) is 0 Å². The maximum absolute atomic E-state index is 9.60. The quantitative estimate of drug-likeness (QED) is 0.386. The van der Waals surface area contributed by atoms with Crippen LogP contribution in [0, 0.1) is 0 Å². The highest BCUT2D eigenvalue weighted by Crippen LogP contribution is 2.15. The Morgan fingerprint density at radius 2 is 1.58 bits per heavy atom. The van der Waals surface area contributed by atoms with Crippen LogP contribution in [0.15, 0.2) is 36.4 Å². The van der Waals surface area contributed by atoms with Gasteiger partial charge < -0.3 is 14.9 Å². The van der Waals surface area contributed by atoms with Crippen LogP contribution in [0.1, 0.15) is 71.3 Å². The molecule has 0 saturated heterocycles. The van der Waals surface area contributed by atoms with E-state index in [1.807, 2.05) is 12.1 Å². The average molecular weight is 365 g/mol. The average Bonchev–Trinajstić information content (AvgIpc) is 2.60. The van der Waals surface area contributed by atoms with Gasteiger partial charge in [0.1, 0.15) is 12.4 Å². The lowest BCUT2D eigenvalue weighted by Gasteiger charge is -2.08. The van der Waals surface area contributed by atoms with E-state index in [-0.39, 0.29) is 5.57 Å². The molecule has 0 heterocycles. The SMILES string of the molecule is C=C(C)C(=O)O.CCCCCCCCCc1ccc(OCC(C)O)cc1. The maximum Gasteiger partial charge on any atom is 0.330 e. The second-order valence-electron chi connectivity index (χ2n) is 6.76. The summed E-state index contributed by atoms with van der Waals surface area (Å²) in [5.74, 6) is -0.0933. The summed E-state index contributed by atoms with van der Waals surface area (Å²) in [7, 11) is 0. The Morgan fingerprint density at radius 3 is 2.04 bits per heavy atom. The fourth-order valence-electron chi connectivity index (χ4n) is 2.26. The first kappa shape index (κ1) is 24.2. The number of carbonyl (C=O) groups is 1. The first-order valence-corrected chi connectivity index (χ1v) is 9.65. The minimum Gasteiger partial charge on any atom is -0.491 e. The highest BCUT2D eigenvalue weighted by atomic mass is 16.5. The molecule has 26 heavy (non-hydrogen) atoms. The molecule has 0 radical (unpaired) electrons. The summed E-state index contributed by atoms with van der Waals surface area (Å²) < 4.78 is 5.45. The van der Waals surface area contributed by atoms with Gasteiger partial charge in [0.15, 0.2) is 0 Å². The number of aliphatic hydroxyl groups is 1. The molecule has 1 rings (SSSR count). The monoisotopic (exact) mass is 364 g/mol. The summed E-state index contributed by atoms with van der Waals surface area (Å²) in [5, 5.41) is 17.1. The smallest absolute Gasteiger partial charge is 0.330 e. The molecule has 0 saturated carbocycles. The summed E-state index contributed by atoms with van der Waals surface area (Å²) in [6.07, 6.45) is 10.2. The normalized spacial score (nSPS) is 11.2. The van der Waals surface area contributed by atoms with Crippen LogP contribution in [0.2, 0.25) is 0 Å². The van der Waals surface area contributed by atoms with Gasteiger partial charge in [0.25, 0.3) is 0 Å². The van der Waals surface area contributed by atoms with E-state index in [1.54, 1.807) is 6.92 Å². The third kappa shape index (κ3) is 14.5. The van der Waals surface area contributed by atoms with Crippen molar-refractivity contribution in [1.29, 1.82) is 0 Å². The van der Waals surface area contributed by atoms with Crippen molar-refractivity contribution in [2.45, 2.75) is 78.2 Å². The van der Waals surface area contributed by atoms with E-state index in [0.29, 0.717) is 6.61 Å². The van der Waals surface area contributed by atoms with E-state index in [4.69, 9.17) is 14.9 Å². The summed E-state index contributed by atoms with van der Waals surface area (Å²) in [4.78, 5) is 9.60. The van der Waals surface area contributed by atoms with Crippen LogP contribution in [0.3, 0.4) is 0 Å². The largest absolute Gasteiger partial charge is 0.491 e. The van der Waals surface area contributed by atoms with Crippen molar-refractivity contribution in [3.05, 3.63) is 42.0 Å². The molecule has 1 unspecified atom stereocenters. The third-order valence-corrected chi connectivity index (χ3v) is 3.85. The predicted octanol–water partition coefficient (Wildman–Crippen LogP) is 5.39. The number of hydrogen-bond donors (Lipinski definition) is 2. The van der Waals surface area contributed by atoms with E-state index in [0.717, 1.165) is 12.2 Å². The number of aliphatic carboxylic acids is 1. The minimum atomic E-state index is -0.935. The van der Waals surface area contributed by atoms with Gasteiger partial charge in [-0.3, -0.25) is 0 Å². The fraction of sp³-hybridized carbons (Fsp3) is 0.591. The summed E-state index contributed by atoms with van der Waals surface area (Å²) in [6.45, 7) is 8.95. The van der Waals surface area contributed by atoms with Gasteiger partial charge in [-0.25, -0.2) is 4.79 Å². The number of unbranched alkanes of at least 4 members (excludes halogenated alkanes) is 6. The molecule has 0 aliphatic carbocycles. The van der Waals surface area contributed by atoms with E-state index < -0.39 is 12.1 Å². The van der Waals surface area contributed by atoms with Crippen molar-refractivity contribution in [2.24, 2.45) is 0 Å². The summed E-state index contributed by atoms with van der Waals surface area (Å²) in [6, 6.07) is 8.26. The van der Waals surface area contributed by atoms with Crippen molar-refractivity contribution in [3.63, 3.8) is 0 Å². The van der Waals surface area contributed by atoms with Crippen LogP contribution in [0.5, 0.6) is 5.75 Å². The van der Waals surface area contributed by atoms with Gasteiger partial charge >= 0.3 is 5.97 Å². The number of benzene rings is 1. The molecule has 4 nitrogen and oxygen atoms in total. The minimum absolute atomic E-state index is 0.176. The van der Waals surface area contributed by atoms with Gasteiger partial charge in [0.05, 0.1) is 6.10 Å². The van der Waals surface area contributed by atoms with Crippen LogP contribution in [0.25, 0.3) is 0 Å². The number of carboxylic acids is 1. The standard InChI is InChI=1S/C18H30O2.C4H6O2/c1-3-4-5-6-7-8-9-10-17-11-13-18(14-12-17)20-15-16(2)19;1-3(2)4(5)6/h11-14,16,19H,3-10,15H2,1-2H3;1H2,2H3,(H,5,6). The first-order valence-electron chi connectivity index (χ1n) is 9.65. The molecule has 4 heteroatoms. The molecule has 0 spiro atoms. The van der Waals surface area contributed by atoms with Crippen LogP contribution in [-0.2, 0) is 11.2 Å². The van der Waals surface area contributed by atoms with Crippen LogP contribution >= 0.6 is 0 Å². The molecule has 1 aromatic rings. The van der Waals surface area contributed by atoms with E-state index >= 15 is 0 Å². The molecule has 0 aliphatic rings. The molecule has 148 valence electrons. The Balaban J connectivity index is 0.000000896. The lowest BCUT2D eigenvalue weighted by Crippen LogP contribution is -2.12. The van der Waals surface area contributed by atoms with Gasteiger partial charge in [0, 0.05) is 5.57 Å². The Morgan fingerprint density at radius 1 is 1.08 bits per heavy atom. The van der Waals surface area contributed by atoms with Crippen LogP contribution in [0.4, 0.5) is 0 Å². The molecule has 0 bridgehead atoms. The fourth-order valence-corrected chi connectivity index (χ4v) is 2.26. The number of aliphatic hydroxyl groups excluding tert-OH is 1. The zero-order valence-corrected chi connectivity index (χ0v) is 16.7. The van der Waals surface area contributed by atoms with Crippen LogP contribution in [-0.4, -0.2) is 28.9 Å². The molecule has 0 fully saturated rings. The highest BCUT2D eigenvalue weighted by molar-refractivity contribution is 5.84. The number of ether oxygens (including phenoxy) is 1. The first-order chi connectivity index (χ1) is 12.4. The Labute approximate surface area is 158 Å². The van der Waals surface area contributed by atoms with E-state index in [1.165, 1.54) is 57.4 Å². The molecule has 1 atom stereocenters. The van der Waals surface area contributed by atoms with Crippen molar-refractivity contribution < 1.29 is 19.7 Å². The molecular formula is C22H36O4. The van der Waals surface area contributed by atoms with E-state index in [9.17, 15) is 4.79 Å². The van der Waals surface area contributed by atoms with E-state index in [2.05, 4.69) is 25.6 Å². The zero-order chi connectivity index (χ0) is 19.8. The lowest BCUT2D eigenvalue weighted by molar-refractivity contribution is -0.132.